The van der Waals surface area contributed by atoms with E-state index in [2.05, 4.69) is 4.98 Å². The molecule has 0 aromatic carbocycles. The van der Waals surface area contributed by atoms with Crippen molar-refractivity contribution in [2.75, 3.05) is 13.7 Å². The Morgan fingerprint density at radius 2 is 2.19 bits per heavy atom. The SMILES string of the molecule is CCOC(=O)C(CC)c1cncc(OC)c1. The van der Waals surface area contributed by atoms with Crippen molar-refractivity contribution in [3.63, 3.8) is 0 Å². The van der Waals surface area contributed by atoms with Crippen LogP contribution in [-0.2, 0) is 9.53 Å². The average molecular weight is 223 g/mol. The molecular formula is C12H17NO3. The van der Waals surface area contributed by atoms with Crippen molar-refractivity contribution in [2.24, 2.45) is 0 Å². The second-order valence-corrected chi connectivity index (χ2v) is 3.37. The molecule has 0 amide bonds. The van der Waals surface area contributed by atoms with E-state index in [0.29, 0.717) is 18.8 Å². The van der Waals surface area contributed by atoms with Crippen LogP contribution in [0.4, 0.5) is 0 Å². The van der Waals surface area contributed by atoms with Crippen LogP contribution in [0.2, 0.25) is 0 Å². The van der Waals surface area contributed by atoms with Crippen LogP contribution in [0.1, 0.15) is 31.7 Å². The molecule has 0 saturated carbocycles. The van der Waals surface area contributed by atoms with Gasteiger partial charge in [-0.1, -0.05) is 6.92 Å². The monoisotopic (exact) mass is 223 g/mol. The van der Waals surface area contributed by atoms with E-state index < -0.39 is 0 Å². The number of hydrogen-bond donors (Lipinski definition) is 0. The summed E-state index contributed by atoms with van der Waals surface area (Å²) in [6.07, 6.45) is 3.97. The third-order valence-corrected chi connectivity index (χ3v) is 2.35. The van der Waals surface area contributed by atoms with Gasteiger partial charge in [0.1, 0.15) is 5.75 Å². The highest BCUT2D eigenvalue weighted by Crippen LogP contribution is 2.23. The van der Waals surface area contributed by atoms with E-state index in [1.54, 1.807) is 26.4 Å². The second kappa shape index (κ2) is 6.10. The predicted molar refractivity (Wildman–Crippen MR) is 60.5 cm³/mol. The van der Waals surface area contributed by atoms with Crippen LogP contribution in [0.5, 0.6) is 5.75 Å². The highest BCUT2D eigenvalue weighted by Gasteiger charge is 2.20. The lowest BCUT2D eigenvalue weighted by Crippen LogP contribution is -2.15. The van der Waals surface area contributed by atoms with Gasteiger partial charge in [0.25, 0.3) is 0 Å². The minimum absolute atomic E-state index is 0.208. The summed E-state index contributed by atoms with van der Waals surface area (Å²) in [7, 11) is 1.58. The van der Waals surface area contributed by atoms with Crippen molar-refractivity contribution in [2.45, 2.75) is 26.2 Å². The maximum absolute atomic E-state index is 11.7. The number of ether oxygens (including phenoxy) is 2. The van der Waals surface area contributed by atoms with Gasteiger partial charge < -0.3 is 9.47 Å². The zero-order valence-corrected chi connectivity index (χ0v) is 9.90. The van der Waals surface area contributed by atoms with Gasteiger partial charge in [-0.3, -0.25) is 9.78 Å². The lowest BCUT2D eigenvalue weighted by Gasteiger charge is -2.13. The number of aromatic nitrogens is 1. The second-order valence-electron chi connectivity index (χ2n) is 3.37. The van der Waals surface area contributed by atoms with Gasteiger partial charge in [-0.05, 0) is 25.0 Å². The Bertz CT molecular complexity index is 352. The molecular weight excluding hydrogens is 206 g/mol. The summed E-state index contributed by atoms with van der Waals surface area (Å²) >= 11 is 0. The van der Waals surface area contributed by atoms with E-state index in [1.807, 2.05) is 13.0 Å². The molecule has 0 spiro atoms. The highest BCUT2D eigenvalue weighted by molar-refractivity contribution is 5.78. The van der Waals surface area contributed by atoms with E-state index >= 15 is 0 Å². The van der Waals surface area contributed by atoms with Gasteiger partial charge >= 0.3 is 5.97 Å². The fraction of sp³-hybridized carbons (Fsp3) is 0.500. The highest BCUT2D eigenvalue weighted by atomic mass is 16.5. The molecule has 0 aliphatic heterocycles. The van der Waals surface area contributed by atoms with Gasteiger partial charge in [-0.15, -0.1) is 0 Å². The molecule has 4 heteroatoms. The Kier molecular flexibility index (Phi) is 4.76. The molecule has 0 saturated heterocycles. The molecule has 0 aliphatic carbocycles. The van der Waals surface area contributed by atoms with Gasteiger partial charge in [0, 0.05) is 6.20 Å². The molecule has 1 unspecified atom stereocenters. The Morgan fingerprint density at radius 3 is 2.75 bits per heavy atom. The number of pyridine rings is 1. The number of carbonyl (C=O) groups excluding carboxylic acids is 1. The molecule has 88 valence electrons. The summed E-state index contributed by atoms with van der Waals surface area (Å²) in [6, 6.07) is 1.82. The van der Waals surface area contributed by atoms with E-state index in [0.717, 1.165) is 5.56 Å². The molecule has 0 N–H and O–H groups in total. The molecule has 1 rings (SSSR count). The first-order chi connectivity index (χ1) is 7.72. The summed E-state index contributed by atoms with van der Waals surface area (Å²) in [5, 5.41) is 0. The standard InChI is InChI=1S/C12H17NO3/c1-4-11(12(14)16-5-2)9-6-10(15-3)8-13-7-9/h6-8,11H,4-5H2,1-3H3. The first-order valence-corrected chi connectivity index (χ1v) is 5.38. The third-order valence-electron chi connectivity index (χ3n) is 2.35. The van der Waals surface area contributed by atoms with Crippen LogP contribution < -0.4 is 4.74 Å². The van der Waals surface area contributed by atoms with Crippen LogP contribution in [0.3, 0.4) is 0 Å². The number of esters is 1. The minimum Gasteiger partial charge on any atom is -0.495 e. The van der Waals surface area contributed by atoms with Crippen molar-refractivity contribution in [1.82, 2.24) is 4.98 Å². The zero-order chi connectivity index (χ0) is 12.0. The van der Waals surface area contributed by atoms with Crippen LogP contribution in [0.15, 0.2) is 18.5 Å². The molecule has 0 bridgehead atoms. The minimum atomic E-state index is -0.262. The molecule has 0 fully saturated rings. The van der Waals surface area contributed by atoms with Gasteiger partial charge in [-0.2, -0.15) is 0 Å². The Balaban J connectivity index is 2.89. The van der Waals surface area contributed by atoms with E-state index in [4.69, 9.17) is 9.47 Å². The van der Waals surface area contributed by atoms with Gasteiger partial charge in [0.05, 0.1) is 25.8 Å². The summed E-state index contributed by atoms with van der Waals surface area (Å²) in [6.45, 7) is 4.14. The van der Waals surface area contributed by atoms with Crippen LogP contribution >= 0.6 is 0 Å². The number of rotatable bonds is 5. The number of hydrogen-bond acceptors (Lipinski definition) is 4. The molecule has 1 atom stereocenters. The molecule has 0 radical (unpaired) electrons. The molecule has 1 heterocycles. The molecule has 1 aromatic rings. The summed E-state index contributed by atoms with van der Waals surface area (Å²) in [5.74, 6) is 0.183. The predicted octanol–water partition coefficient (Wildman–Crippen LogP) is 2.15. The Hall–Kier alpha value is -1.58. The average Bonchev–Trinajstić information content (AvgIpc) is 2.31. The number of carbonyl (C=O) groups is 1. The lowest BCUT2D eigenvalue weighted by atomic mass is 9.98. The quantitative estimate of drug-likeness (QED) is 0.717. The van der Waals surface area contributed by atoms with Gasteiger partial charge in [-0.25, -0.2) is 0 Å². The first kappa shape index (κ1) is 12.5. The normalized spacial score (nSPS) is 11.9. The van der Waals surface area contributed by atoms with Gasteiger partial charge in [0.15, 0.2) is 0 Å². The maximum atomic E-state index is 11.7. The molecule has 0 aliphatic rings. The van der Waals surface area contributed by atoms with E-state index in [-0.39, 0.29) is 11.9 Å². The smallest absolute Gasteiger partial charge is 0.313 e. The number of nitrogens with zero attached hydrogens (tertiary/aromatic N) is 1. The molecule has 16 heavy (non-hydrogen) atoms. The summed E-state index contributed by atoms with van der Waals surface area (Å²) < 4.78 is 10.1. The number of methoxy groups -OCH3 is 1. The zero-order valence-electron chi connectivity index (χ0n) is 9.90. The van der Waals surface area contributed by atoms with Gasteiger partial charge in [0.2, 0.25) is 0 Å². The molecule has 1 aromatic heterocycles. The Labute approximate surface area is 95.6 Å². The summed E-state index contributed by atoms with van der Waals surface area (Å²) in [4.78, 5) is 15.7. The largest absolute Gasteiger partial charge is 0.495 e. The van der Waals surface area contributed by atoms with Crippen molar-refractivity contribution in [3.05, 3.63) is 24.0 Å². The molecule has 4 nitrogen and oxygen atoms in total. The van der Waals surface area contributed by atoms with Crippen molar-refractivity contribution >= 4 is 5.97 Å². The fourth-order valence-corrected chi connectivity index (χ4v) is 1.52. The van der Waals surface area contributed by atoms with Crippen LogP contribution in [0, 0.1) is 0 Å². The maximum Gasteiger partial charge on any atom is 0.313 e. The van der Waals surface area contributed by atoms with Crippen LogP contribution in [-0.4, -0.2) is 24.7 Å². The van der Waals surface area contributed by atoms with E-state index in [9.17, 15) is 4.79 Å². The fourth-order valence-electron chi connectivity index (χ4n) is 1.52. The Morgan fingerprint density at radius 1 is 1.44 bits per heavy atom. The van der Waals surface area contributed by atoms with E-state index in [1.165, 1.54) is 0 Å². The first-order valence-electron chi connectivity index (χ1n) is 5.38. The van der Waals surface area contributed by atoms with Crippen molar-refractivity contribution in [3.8, 4) is 5.75 Å². The van der Waals surface area contributed by atoms with Crippen molar-refractivity contribution in [1.29, 1.82) is 0 Å². The van der Waals surface area contributed by atoms with Crippen LogP contribution in [0.25, 0.3) is 0 Å². The third kappa shape index (κ3) is 2.95. The topological polar surface area (TPSA) is 48.4 Å². The van der Waals surface area contributed by atoms with Crippen molar-refractivity contribution < 1.29 is 14.3 Å². The summed E-state index contributed by atoms with van der Waals surface area (Å²) in [5.41, 5.74) is 0.834. The lowest BCUT2D eigenvalue weighted by molar-refractivity contribution is -0.145.